The van der Waals surface area contributed by atoms with Crippen molar-refractivity contribution in [3.8, 4) is 0 Å². The van der Waals surface area contributed by atoms with Crippen molar-refractivity contribution in [3.05, 3.63) is 43.5 Å². The second-order valence-corrected chi connectivity index (χ2v) is 8.62. The van der Waals surface area contributed by atoms with Crippen molar-refractivity contribution >= 4 is 39.1 Å². The molecule has 3 aromatic rings. The van der Waals surface area contributed by atoms with Gasteiger partial charge in [-0.1, -0.05) is 18.5 Å². The van der Waals surface area contributed by atoms with Crippen LogP contribution in [0.4, 0.5) is 0 Å². The summed E-state index contributed by atoms with van der Waals surface area (Å²) >= 11 is 7.58. The number of amides is 1. The summed E-state index contributed by atoms with van der Waals surface area (Å²) in [6.45, 7) is 5.69. The lowest BCUT2D eigenvalue weighted by Crippen LogP contribution is -2.37. The number of halogens is 1. The van der Waals surface area contributed by atoms with Crippen molar-refractivity contribution in [2.45, 2.75) is 46.6 Å². The van der Waals surface area contributed by atoms with E-state index >= 15 is 0 Å². The molecule has 0 spiro atoms. The van der Waals surface area contributed by atoms with Crippen molar-refractivity contribution in [1.82, 2.24) is 19.4 Å². The van der Waals surface area contributed by atoms with Crippen LogP contribution in [0.5, 0.6) is 0 Å². The topological polar surface area (TPSA) is 81.8 Å². The Morgan fingerprint density at radius 2 is 2.22 bits per heavy atom. The maximum Gasteiger partial charge on any atom is 0.281 e. The monoisotopic (exact) mass is 405 g/mol. The van der Waals surface area contributed by atoms with Crippen LogP contribution >= 0.6 is 22.9 Å². The van der Waals surface area contributed by atoms with Gasteiger partial charge in [-0.25, -0.2) is 9.66 Å². The fourth-order valence-electron chi connectivity index (χ4n) is 3.50. The molecule has 1 aliphatic carbocycles. The number of thiophene rings is 1. The van der Waals surface area contributed by atoms with Gasteiger partial charge in [-0.05, 0) is 44.6 Å². The standard InChI is InChI=1S/C18H20ClN5O2S/c1-9-4-5-12-14(6-9)27-17-16(12)18(26)24(11(3)20-17)22-15(25)8-23-7-13(19)10(2)21-23/h7,9H,4-6,8H2,1-3H3,(H,22,25). The van der Waals surface area contributed by atoms with Crippen LogP contribution in [0.15, 0.2) is 11.0 Å². The Bertz CT molecular complexity index is 1090. The summed E-state index contributed by atoms with van der Waals surface area (Å²) in [4.78, 5) is 32.1. The van der Waals surface area contributed by atoms with Crippen LogP contribution in [-0.4, -0.2) is 25.3 Å². The maximum absolute atomic E-state index is 13.1. The Labute approximate surface area is 164 Å². The molecule has 1 atom stereocenters. The molecule has 9 heteroatoms. The van der Waals surface area contributed by atoms with Crippen molar-refractivity contribution in [2.24, 2.45) is 5.92 Å². The minimum atomic E-state index is -0.363. The number of aryl methyl sites for hydroxylation is 3. The highest BCUT2D eigenvalue weighted by Gasteiger charge is 2.24. The van der Waals surface area contributed by atoms with Crippen LogP contribution in [0.3, 0.4) is 0 Å². The Morgan fingerprint density at radius 3 is 2.93 bits per heavy atom. The number of aromatic nitrogens is 4. The summed E-state index contributed by atoms with van der Waals surface area (Å²) in [6, 6.07) is 0. The summed E-state index contributed by atoms with van der Waals surface area (Å²) in [5, 5.41) is 5.31. The molecule has 3 heterocycles. The molecule has 0 radical (unpaired) electrons. The maximum atomic E-state index is 13.1. The lowest BCUT2D eigenvalue weighted by Gasteiger charge is -2.17. The highest BCUT2D eigenvalue weighted by molar-refractivity contribution is 7.18. The normalized spacial score (nSPS) is 16.5. The molecule has 3 aromatic heterocycles. The van der Waals surface area contributed by atoms with Crippen molar-refractivity contribution in [3.63, 3.8) is 0 Å². The molecule has 27 heavy (non-hydrogen) atoms. The molecule has 0 saturated carbocycles. The molecule has 7 nitrogen and oxygen atoms in total. The number of hydrogen-bond acceptors (Lipinski definition) is 5. The number of nitrogens with one attached hydrogen (secondary N) is 1. The van der Waals surface area contributed by atoms with Gasteiger partial charge in [0.2, 0.25) is 0 Å². The third kappa shape index (κ3) is 3.27. The number of rotatable bonds is 3. The van der Waals surface area contributed by atoms with E-state index in [9.17, 15) is 9.59 Å². The SMILES string of the molecule is Cc1nn(CC(=O)Nn2c(C)nc3sc4c(c3c2=O)CCC(C)C4)cc1Cl. The van der Waals surface area contributed by atoms with Crippen LogP contribution < -0.4 is 11.0 Å². The fourth-order valence-corrected chi connectivity index (χ4v) is 5.07. The predicted molar refractivity (Wildman–Crippen MR) is 106 cm³/mol. The molecule has 4 rings (SSSR count). The molecular weight excluding hydrogens is 386 g/mol. The van der Waals surface area contributed by atoms with Gasteiger partial charge in [0.1, 0.15) is 17.2 Å². The molecule has 1 unspecified atom stereocenters. The Hall–Kier alpha value is -2.19. The van der Waals surface area contributed by atoms with E-state index in [1.807, 2.05) is 0 Å². The van der Waals surface area contributed by atoms with E-state index in [0.29, 0.717) is 27.8 Å². The van der Waals surface area contributed by atoms with E-state index in [2.05, 4.69) is 22.4 Å². The second kappa shape index (κ2) is 6.76. The Balaban J connectivity index is 1.67. The lowest BCUT2D eigenvalue weighted by atomic mass is 9.89. The largest absolute Gasteiger partial charge is 0.281 e. The third-order valence-corrected chi connectivity index (χ3v) is 6.44. The number of carbonyl (C=O) groups excluding carboxylic acids is 1. The van der Waals surface area contributed by atoms with Gasteiger partial charge in [-0.3, -0.25) is 19.7 Å². The first-order valence-electron chi connectivity index (χ1n) is 8.86. The zero-order chi connectivity index (χ0) is 19.3. The van der Waals surface area contributed by atoms with E-state index in [1.165, 1.54) is 14.2 Å². The van der Waals surface area contributed by atoms with Gasteiger partial charge in [0, 0.05) is 11.1 Å². The van der Waals surface area contributed by atoms with E-state index in [1.54, 1.807) is 31.4 Å². The van der Waals surface area contributed by atoms with E-state index in [0.717, 1.165) is 29.7 Å². The molecule has 0 aliphatic heterocycles. The molecule has 0 aromatic carbocycles. The highest BCUT2D eigenvalue weighted by atomic mass is 35.5. The lowest BCUT2D eigenvalue weighted by molar-refractivity contribution is -0.117. The number of hydrogen-bond donors (Lipinski definition) is 1. The summed E-state index contributed by atoms with van der Waals surface area (Å²) in [5.74, 6) is 0.721. The average Bonchev–Trinajstić information content (AvgIpc) is 3.10. The summed E-state index contributed by atoms with van der Waals surface area (Å²) < 4.78 is 2.70. The molecule has 0 saturated heterocycles. The van der Waals surface area contributed by atoms with Crippen molar-refractivity contribution in [2.75, 3.05) is 5.43 Å². The zero-order valence-corrected chi connectivity index (χ0v) is 16.9. The van der Waals surface area contributed by atoms with Crippen molar-refractivity contribution in [1.29, 1.82) is 0 Å². The minimum absolute atomic E-state index is 0.0310. The molecular formula is C18H20ClN5O2S. The molecule has 142 valence electrons. The average molecular weight is 406 g/mol. The van der Waals surface area contributed by atoms with Crippen LogP contribution in [0.2, 0.25) is 5.02 Å². The van der Waals surface area contributed by atoms with Gasteiger partial charge in [0.05, 0.1) is 16.1 Å². The quantitative estimate of drug-likeness (QED) is 0.726. The second-order valence-electron chi connectivity index (χ2n) is 7.13. The molecule has 0 fully saturated rings. The zero-order valence-electron chi connectivity index (χ0n) is 15.4. The highest BCUT2D eigenvalue weighted by Crippen LogP contribution is 2.35. The Kier molecular flexibility index (Phi) is 4.55. The summed E-state index contributed by atoms with van der Waals surface area (Å²) in [7, 11) is 0. The first kappa shape index (κ1) is 18.2. The van der Waals surface area contributed by atoms with E-state index < -0.39 is 0 Å². The van der Waals surface area contributed by atoms with Crippen molar-refractivity contribution < 1.29 is 4.79 Å². The van der Waals surface area contributed by atoms with Gasteiger partial charge in [0.15, 0.2) is 0 Å². The summed E-state index contributed by atoms with van der Waals surface area (Å²) in [5.41, 5.74) is 4.19. The van der Waals surface area contributed by atoms with Gasteiger partial charge >= 0.3 is 0 Å². The minimum Gasteiger partial charge on any atom is -0.271 e. The third-order valence-electron chi connectivity index (χ3n) is 4.93. The molecule has 0 bridgehead atoms. The molecule has 1 amide bonds. The number of fused-ring (bicyclic) bond motifs is 3. The van der Waals surface area contributed by atoms with Crippen LogP contribution in [-0.2, 0) is 24.2 Å². The fraction of sp³-hybridized carbons (Fsp3) is 0.444. The van der Waals surface area contributed by atoms with Crippen LogP contribution in [0.1, 0.15) is 35.3 Å². The molecule has 1 N–H and O–H groups in total. The smallest absolute Gasteiger partial charge is 0.271 e. The van der Waals surface area contributed by atoms with Gasteiger partial charge in [-0.2, -0.15) is 5.10 Å². The van der Waals surface area contributed by atoms with Gasteiger partial charge in [-0.15, -0.1) is 11.3 Å². The first-order chi connectivity index (χ1) is 12.8. The molecule has 1 aliphatic rings. The summed E-state index contributed by atoms with van der Waals surface area (Å²) in [6.07, 6.45) is 4.53. The van der Waals surface area contributed by atoms with Crippen LogP contribution in [0, 0.1) is 19.8 Å². The van der Waals surface area contributed by atoms with E-state index in [-0.39, 0.29) is 18.0 Å². The predicted octanol–water partition coefficient (Wildman–Crippen LogP) is 2.82. The van der Waals surface area contributed by atoms with Gasteiger partial charge < -0.3 is 0 Å². The number of carbonyl (C=O) groups is 1. The first-order valence-corrected chi connectivity index (χ1v) is 10.1. The Morgan fingerprint density at radius 1 is 1.44 bits per heavy atom. The number of nitrogens with zero attached hydrogens (tertiary/aromatic N) is 4. The van der Waals surface area contributed by atoms with Gasteiger partial charge in [0.25, 0.3) is 11.5 Å². The van der Waals surface area contributed by atoms with E-state index in [4.69, 9.17) is 11.6 Å². The van der Waals surface area contributed by atoms with Crippen LogP contribution in [0.25, 0.3) is 10.2 Å².